The van der Waals surface area contributed by atoms with Gasteiger partial charge in [-0.25, -0.2) is 4.98 Å². The van der Waals surface area contributed by atoms with Crippen LogP contribution in [0.5, 0.6) is 0 Å². The molecule has 0 saturated carbocycles. The molecular formula is C13H13N3S. The van der Waals surface area contributed by atoms with E-state index in [0.717, 1.165) is 5.01 Å². The Bertz CT molecular complexity index is 540. The molecule has 0 aliphatic heterocycles. The molecule has 0 fully saturated rings. The van der Waals surface area contributed by atoms with Crippen molar-refractivity contribution >= 4 is 17.2 Å². The normalized spacial score (nSPS) is 11.8. The van der Waals surface area contributed by atoms with Crippen LogP contribution >= 0.6 is 11.3 Å². The molecule has 86 valence electrons. The van der Waals surface area contributed by atoms with Gasteiger partial charge in [-0.15, -0.1) is 11.3 Å². The number of thiazole rings is 1. The minimum absolute atomic E-state index is 0.143. The first-order valence-corrected chi connectivity index (χ1v) is 6.21. The van der Waals surface area contributed by atoms with Gasteiger partial charge in [0.25, 0.3) is 0 Å². The first-order chi connectivity index (χ1) is 8.20. The van der Waals surface area contributed by atoms with Crippen molar-refractivity contribution in [2.75, 3.05) is 5.32 Å². The van der Waals surface area contributed by atoms with E-state index in [2.05, 4.69) is 35.4 Å². The molecule has 0 bridgehead atoms. The van der Waals surface area contributed by atoms with Crippen molar-refractivity contribution < 1.29 is 0 Å². The van der Waals surface area contributed by atoms with Gasteiger partial charge in [-0.1, -0.05) is 30.3 Å². The Morgan fingerprint density at radius 1 is 1.35 bits per heavy atom. The van der Waals surface area contributed by atoms with Gasteiger partial charge in [-0.2, -0.15) is 5.26 Å². The molecule has 1 aromatic heterocycles. The number of hydrogen-bond donors (Lipinski definition) is 1. The largest absolute Gasteiger partial charge is 0.362 e. The highest BCUT2D eigenvalue weighted by atomic mass is 32.1. The number of rotatable bonds is 3. The lowest BCUT2D eigenvalue weighted by molar-refractivity contribution is 0.875. The van der Waals surface area contributed by atoms with Crippen LogP contribution in [0.1, 0.15) is 28.4 Å². The highest BCUT2D eigenvalue weighted by Crippen LogP contribution is 2.25. The fraction of sp³-hybridized carbons (Fsp3) is 0.231. The molecule has 1 heterocycles. The third kappa shape index (κ3) is 2.63. The molecule has 3 nitrogen and oxygen atoms in total. The molecule has 0 aliphatic rings. The van der Waals surface area contributed by atoms with Crippen LogP contribution in [0.15, 0.2) is 30.3 Å². The summed E-state index contributed by atoms with van der Waals surface area (Å²) < 4.78 is 0. The summed E-state index contributed by atoms with van der Waals surface area (Å²) in [5, 5.41) is 13.2. The SMILES string of the molecule is Cc1nc(NC(C)c2ccccc2)c(C#N)s1. The van der Waals surface area contributed by atoms with Crippen molar-refractivity contribution in [1.82, 2.24) is 4.98 Å². The van der Waals surface area contributed by atoms with Gasteiger partial charge < -0.3 is 5.32 Å². The Morgan fingerprint density at radius 3 is 2.71 bits per heavy atom. The average Bonchev–Trinajstić information content (AvgIpc) is 2.70. The number of hydrogen-bond acceptors (Lipinski definition) is 4. The van der Waals surface area contributed by atoms with E-state index in [4.69, 9.17) is 5.26 Å². The zero-order chi connectivity index (χ0) is 12.3. The third-order valence-electron chi connectivity index (χ3n) is 2.49. The van der Waals surface area contributed by atoms with Crippen molar-refractivity contribution in [2.24, 2.45) is 0 Å². The second kappa shape index (κ2) is 4.98. The van der Waals surface area contributed by atoms with E-state index in [1.165, 1.54) is 16.9 Å². The van der Waals surface area contributed by atoms with E-state index in [-0.39, 0.29) is 6.04 Å². The van der Waals surface area contributed by atoms with Crippen LogP contribution in [0.3, 0.4) is 0 Å². The zero-order valence-electron chi connectivity index (χ0n) is 9.77. The van der Waals surface area contributed by atoms with Crippen LogP contribution in [0.25, 0.3) is 0 Å². The molecule has 1 atom stereocenters. The molecule has 17 heavy (non-hydrogen) atoms. The maximum atomic E-state index is 9.00. The topological polar surface area (TPSA) is 48.7 Å². The molecule has 4 heteroatoms. The Balaban J connectivity index is 2.19. The predicted octanol–water partition coefficient (Wildman–Crippen LogP) is 3.50. The highest BCUT2D eigenvalue weighted by molar-refractivity contribution is 7.12. The summed E-state index contributed by atoms with van der Waals surface area (Å²) in [4.78, 5) is 4.98. The van der Waals surface area contributed by atoms with Gasteiger partial charge in [0.1, 0.15) is 10.9 Å². The Labute approximate surface area is 105 Å². The molecule has 0 spiro atoms. The van der Waals surface area contributed by atoms with Gasteiger partial charge in [0, 0.05) is 0 Å². The van der Waals surface area contributed by atoms with Crippen molar-refractivity contribution in [2.45, 2.75) is 19.9 Å². The van der Waals surface area contributed by atoms with Crippen molar-refractivity contribution in [3.63, 3.8) is 0 Å². The van der Waals surface area contributed by atoms with Crippen LogP contribution in [-0.4, -0.2) is 4.98 Å². The lowest BCUT2D eigenvalue weighted by Gasteiger charge is -2.13. The summed E-state index contributed by atoms with van der Waals surface area (Å²) in [6.07, 6.45) is 0. The van der Waals surface area contributed by atoms with E-state index in [1.807, 2.05) is 25.1 Å². The molecule has 0 amide bonds. The zero-order valence-corrected chi connectivity index (χ0v) is 10.6. The molecular weight excluding hydrogens is 230 g/mol. The van der Waals surface area contributed by atoms with Gasteiger partial charge in [0.2, 0.25) is 0 Å². The summed E-state index contributed by atoms with van der Waals surface area (Å²) in [6, 6.07) is 12.4. The molecule has 0 radical (unpaired) electrons. The molecule has 1 aromatic carbocycles. The predicted molar refractivity (Wildman–Crippen MR) is 70.0 cm³/mol. The molecule has 2 aromatic rings. The molecule has 1 unspecified atom stereocenters. The minimum Gasteiger partial charge on any atom is -0.362 e. The lowest BCUT2D eigenvalue weighted by atomic mass is 10.1. The Hall–Kier alpha value is -1.86. The molecule has 0 aliphatic carbocycles. The first-order valence-electron chi connectivity index (χ1n) is 5.39. The van der Waals surface area contributed by atoms with Gasteiger partial charge in [0.05, 0.1) is 11.0 Å². The van der Waals surface area contributed by atoms with Crippen LogP contribution in [0, 0.1) is 18.3 Å². The number of nitrogens with zero attached hydrogens (tertiary/aromatic N) is 2. The summed E-state index contributed by atoms with van der Waals surface area (Å²) in [7, 11) is 0. The maximum Gasteiger partial charge on any atom is 0.156 e. The number of aromatic nitrogens is 1. The van der Waals surface area contributed by atoms with E-state index in [9.17, 15) is 0 Å². The molecule has 0 saturated heterocycles. The second-order valence-corrected chi connectivity index (χ2v) is 5.00. The van der Waals surface area contributed by atoms with E-state index in [1.54, 1.807) is 0 Å². The van der Waals surface area contributed by atoms with Gasteiger partial charge in [-0.05, 0) is 19.4 Å². The fourth-order valence-electron chi connectivity index (χ4n) is 1.63. The van der Waals surface area contributed by atoms with E-state index >= 15 is 0 Å². The van der Waals surface area contributed by atoms with Crippen molar-refractivity contribution in [3.05, 3.63) is 45.8 Å². The van der Waals surface area contributed by atoms with Crippen LogP contribution in [-0.2, 0) is 0 Å². The number of anilines is 1. The maximum absolute atomic E-state index is 9.00. The second-order valence-electron chi connectivity index (χ2n) is 3.80. The van der Waals surface area contributed by atoms with Gasteiger partial charge >= 0.3 is 0 Å². The van der Waals surface area contributed by atoms with Crippen molar-refractivity contribution in [3.8, 4) is 6.07 Å². The fourth-order valence-corrected chi connectivity index (χ4v) is 2.31. The standard InChI is InChI=1S/C13H13N3S/c1-9(11-6-4-3-5-7-11)15-13-12(8-14)17-10(2)16-13/h3-7,9,15H,1-2H3. The summed E-state index contributed by atoms with van der Waals surface area (Å²) in [6.45, 7) is 3.97. The van der Waals surface area contributed by atoms with E-state index in [0.29, 0.717) is 10.7 Å². The van der Waals surface area contributed by atoms with Gasteiger partial charge in [-0.3, -0.25) is 0 Å². The summed E-state index contributed by atoms with van der Waals surface area (Å²) in [5.74, 6) is 0.686. The summed E-state index contributed by atoms with van der Waals surface area (Å²) in [5.41, 5.74) is 1.18. The van der Waals surface area contributed by atoms with Crippen LogP contribution in [0.2, 0.25) is 0 Å². The number of benzene rings is 1. The van der Waals surface area contributed by atoms with Gasteiger partial charge in [0.15, 0.2) is 5.82 Å². The third-order valence-corrected chi connectivity index (χ3v) is 3.36. The molecule has 1 N–H and O–H groups in total. The minimum atomic E-state index is 0.143. The Kier molecular flexibility index (Phi) is 3.40. The van der Waals surface area contributed by atoms with Crippen LogP contribution < -0.4 is 5.32 Å². The quantitative estimate of drug-likeness (QED) is 0.897. The smallest absolute Gasteiger partial charge is 0.156 e. The lowest BCUT2D eigenvalue weighted by Crippen LogP contribution is -2.07. The number of nitrogens with one attached hydrogen (secondary N) is 1. The van der Waals surface area contributed by atoms with E-state index < -0.39 is 0 Å². The summed E-state index contributed by atoms with van der Waals surface area (Å²) >= 11 is 1.42. The van der Waals surface area contributed by atoms with Crippen LogP contribution in [0.4, 0.5) is 5.82 Å². The number of nitriles is 1. The highest BCUT2D eigenvalue weighted by Gasteiger charge is 2.12. The molecule has 2 rings (SSSR count). The Morgan fingerprint density at radius 2 is 2.06 bits per heavy atom. The number of aryl methyl sites for hydroxylation is 1. The monoisotopic (exact) mass is 243 g/mol. The van der Waals surface area contributed by atoms with Crippen molar-refractivity contribution in [1.29, 1.82) is 5.26 Å². The first kappa shape index (κ1) is 11.6. The average molecular weight is 243 g/mol.